The van der Waals surface area contributed by atoms with Crippen LogP contribution in [0.15, 0.2) is 30.7 Å². The Morgan fingerprint density at radius 1 is 1.23 bits per heavy atom. The number of aromatic nitrogens is 3. The van der Waals surface area contributed by atoms with Crippen LogP contribution in [0.2, 0.25) is 0 Å². The Morgan fingerprint density at radius 3 is 2.54 bits per heavy atom. The maximum Gasteiger partial charge on any atom is 0.416 e. The van der Waals surface area contributed by atoms with Gasteiger partial charge < -0.3 is 9.80 Å². The number of alkyl halides is 3. The van der Waals surface area contributed by atoms with Crippen LogP contribution in [0, 0.1) is 11.3 Å². The summed E-state index contributed by atoms with van der Waals surface area (Å²) in [6.07, 6.45) is 1.90. The number of pyridine rings is 1. The third-order valence-corrected chi connectivity index (χ3v) is 4.50. The van der Waals surface area contributed by atoms with E-state index < -0.39 is 11.7 Å². The molecule has 1 fully saturated rings. The second kappa shape index (κ2) is 7.15. The number of nitriles is 1. The predicted molar refractivity (Wildman–Crippen MR) is 89.6 cm³/mol. The lowest BCUT2D eigenvalue weighted by molar-refractivity contribution is -0.137. The van der Waals surface area contributed by atoms with E-state index in [1.165, 1.54) is 0 Å². The van der Waals surface area contributed by atoms with E-state index in [1.807, 2.05) is 0 Å². The van der Waals surface area contributed by atoms with Crippen molar-refractivity contribution >= 4 is 11.6 Å². The highest BCUT2D eigenvalue weighted by molar-refractivity contribution is 5.47. The average Bonchev–Trinajstić information content (AvgIpc) is 2.67. The van der Waals surface area contributed by atoms with Crippen LogP contribution in [-0.2, 0) is 6.18 Å². The van der Waals surface area contributed by atoms with Crippen LogP contribution >= 0.6 is 0 Å². The molecule has 3 rings (SSSR count). The van der Waals surface area contributed by atoms with Gasteiger partial charge in [0.1, 0.15) is 23.4 Å². The molecule has 0 aromatic carbocycles. The Morgan fingerprint density at radius 2 is 1.96 bits per heavy atom. The molecule has 0 spiro atoms. The maximum absolute atomic E-state index is 13.1. The first-order chi connectivity index (χ1) is 12.4. The first-order valence-electron chi connectivity index (χ1n) is 8.11. The summed E-state index contributed by atoms with van der Waals surface area (Å²) in [5, 5.41) is 8.99. The average molecular weight is 362 g/mol. The van der Waals surface area contributed by atoms with Crippen molar-refractivity contribution in [2.24, 2.45) is 0 Å². The van der Waals surface area contributed by atoms with Gasteiger partial charge in [-0.2, -0.15) is 18.4 Å². The molecule has 9 heteroatoms. The highest BCUT2D eigenvalue weighted by Crippen LogP contribution is 2.32. The largest absolute Gasteiger partial charge is 0.416 e. The fourth-order valence-corrected chi connectivity index (χ4v) is 3.04. The van der Waals surface area contributed by atoms with Crippen molar-refractivity contribution in [2.75, 3.05) is 29.9 Å². The third-order valence-electron chi connectivity index (χ3n) is 4.50. The van der Waals surface area contributed by atoms with Gasteiger partial charge in [-0.15, -0.1) is 0 Å². The minimum atomic E-state index is -4.51. The Hall–Kier alpha value is -2.89. The van der Waals surface area contributed by atoms with E-state index >= 15 is 0 Å². The summed E-state index contributed by atoms with van der Waals surface area (Å²) in [6.45, 7) is 1.44. The van der Waals surface area contributed by atoms with Gasteiger partial charge in [0.05, 0.1) is 11.8 Å². The normalized spacial score (nSPS) is 15.6. The molecule has 0 atom stereocenters. The van der Waals surface area contributed by atoms with Crippen LogP contribution in [0.5, 0.6) is 0 Å². The first kappa shape index (κ1) is 17.9. The standard InChI is InChI=1S/C17H17F3N6/c1-25(15-9-12(17(18,19)20)8-13(10-21)24-15)14-2-6-26(7-3-14)16-11-22-4-5-23-16/h4-5,8-9,11,14H,2-3,6-7H2,1H3. The Labute approximate surface area is 148 Å². The summed E-state index contributed by atoms with van der Waals surface area (Å²) in [5.74, 6) is 0.951. The number of hydrogen-bond acceptors (Lipinski definition) is 6. The molecular weight excluding hydrogens is 345 g/mol. The zero-order valence-electron chi connectivity index (χ0n) is 14.1. The van der Waals surface area contributed by atoms with Gasteiger partial charge >= 0.3 is 6.18 Å². The van der Waals surface area contributed by atoms with Crippen molar-refractivity contribution < 1.29 is 13.2 Å². The number of piperidine rings is 1. The Kier molecular flexibility index (Phi) is 4.93. The molecule has 0 radical (unpaired) electrons. The van der Waals surface area contributed by atoms with Gasteiger partial charge in [-0.1, -0.05) is 0 Å². The van der Waals surface area contributed by atoms with Crippen LogP contribution in [-0.4, -0.2) is 41.1 Å². The van der Waals surface area contributed by atoms with Crippen molar-refractivity contribution in [3.63, 3.8) is 0 Å². The van der Waals surface area contributed by atoms with Gasteiger partial charge in [-0.25, -0.2) is 9.97 Å². The molecule has 1 saturated heterocycles. The minimum Gasteiger partial charge on any atom is -0.357 e. The monoisotopic (exact) mass is 362 g/mol. The SMILES string of the molecule is CN(c1cc(C(F)(F)F)cc(C#N)n1)C1CCN(c2cnccn2)CC1. The Balaban J connectivity index is 1.74. The molecule has 136 valence electrons. The quantitative estimate of drug-likeness (QED) is 0.836. The van der Waals surface area contributed by atoms with Gasteiger partial charge in [-0.05, 0) is 25.0 Å². The molecule has 0 amide bonds. The smallest absolute Gasteiger partial charge is 0.357 e. The lowest BCUT2D eigenvalue weighted by Crippen LogP contribution is -2.44. The van der Waals surface area contributed by atoms with E-state index in [2.05, 4.69) is 19.9 Å². The maximum atomic E-state index is 13.1. The zero-order chi connectivity index (χ0) is 18.7. The van der Waals surface area contributed by atoms with E-state index in [1.54, 1.807) is 36.6 Å². The molecule has 1 aliphatic heterocycles. The second-order valence-corrected chi connectivity index (χ2v) is 6.10. The van der Waals surface area contributed by atoms with Crippen LogP contribution in [0.25, 0.3) is 0 Å². The molecule has 2 aromatic heterocycles. The molecule has 2 aromatic rings. The highest BCUT2D eigenvalue weighted by atomic mass is 19.4. The number of halogens is 3. The second-order valence-electron chi connectivity index (χ2n) is 6.10. The van der Waals surface area contributed by atoms with E-state index in [4.69, 9.17) is 5.26 Å². The number of hydrogen-bond donors (Lipinski definition) is 0. The van der Waals surface area contributed by atoms with Crippen molar-refractivity contribution in [1.29, 1.82) is 5.26 Å². The summed E-state index contributed by atoms with van der Waals surface area (Å²) in [4.78, 5) is 16.2. The molecule has 0 aliphatic carbocycles. The minimum absolute atomic E-state index is 0.0328. The summed E-state index contributed by atoms with van der Waals surface area (Å²) < 4.78 is 39.2. The van der Waals surface area contributed by atoms with Crippen LogP contribution in [0.1, 0.15) is 24.1 Å². The van der Waals surface area contributed by atoms with E-state index in [0.717, 1.165) is 43.9 Å². The number of nitrogens with zero attached hydrogens (tertiary/aromatic N) is 6. The molecule has 0 bridgehead atoms. The molecule has 0 unspecified atom stereocenters. The lowest BCUT2D eigenvalue weighted by Gasteiger charge is -2.37. The molecule has 0 N–H and O–H groups in total. The fourth-order valence-electron chi connectivity index (χ4n) is 3.04. The first-order valence-corrected chi connectivity index (χ1v) is 8.11. The summed E-state index contributed by atoms with van der Waals surface area (Å²) in [5.41, 5.74) is -1.10. The molecule has 0 saturated carbocycles. The highest BCUT2D eigenvalue weighted by Gasteiger charge is 2.33. The van der Waals surface area contributed by atoms with Gasteiger partial charge in [0.15, 0.2) is 0 Å². The van der Waals surface area contributed by atoms with Gasteiger partial charge in [-0.3, -0.25) is 4.98 Å². The van der Waals surface area contributed by atoms with Crippen LogP contribution in [0.3, 0.4) is 0 Å². The molecule has 3 heterocycles. The molecular formula is C17H17F3N6. The molecule has 6 nitrogen and oxygen atoms in total. The molecule has 26 heavy (non-hydrogen) atoms. The molecule has 1 aliphatic rings. The summed E-state index contributed by atoms with van der Waals surface area (Å²) in [7, 11) is 1.71. The topological polar surface area (TPSA) is 68.9 Å². The van der Waals surface area contributed by atoms with E-state index in [-0.39, 0.29) is 17.6 Å². The van der Waals surface area contributed by atoms with Crippen molar-refractivity contribution in [3.8, 4) is 6.07 Å². The summed E-state index contributed by atoms with van der Waals surface area (Å²) in [6, 6.07) is 3.51. The van der Waals surface area contributed by atoms with Crippen molar-refractivity contribution in [1.82, 2.24) is 15.0 Å². The summed E-state index contributed by atoms with van der Waals surface area (Å²) >= 11 is 0. The predicted octanol–water partition coefficient (Wildman–Crippen LogP) is 2.87. The fraction of sp³-hybridized carbons (Fsp3) is 0.412. The van der Waals surface area contributed by atoms with Gasteiger partial charge in [0.25, 0.3) is 0 Å². The van der Waals surface area contributed by atoms with Gasteiger partial charge in [0, 0.05) is 38.6 Å². The van der Waals surface area contributed by atoms with Gasteiger partial charge in [0.2, 0.25) is 0 Å². The zero-order valence-corrected chi connectivity index (χ0v) is 14.1. The van der Waals surface area contributed by atoms with E-state index in [0.29, 0.717) is 0 Å². The number of anilines is 2. The number of rotatable bonds is 3. The van der Waals surface area contributed by atoms with Crippen molar-refractivity contribution in [3.05, 3.63) is 42.0 Å². The Bertz CT molecular complexity index is 794. The van der Waals surface area contributed by atoms with Crippen LogP contribution < -0.4 is 9.80 Å². The van der Waals surface area contributed by atoms with Crippen LogP contribution in [0.4, 0.5) is 24.8 Å². The third kappa shape index (κ3) is 3.85. The van der Waals surface area contributed by atoms with Crippen molar-refractivity contribution in [2.45, 2.75) is 25.1 Å². The lowest BCUT2D eigenvalue weighted by atomic mass is 10.0. The van der Waals surface area contributed by atoms with E-state index in [9.17, 15) is 13.2 Å².